The minimum Gasteiger partial charge on any atom is -0.481 e. The Morgan fingerprint density at radius 2 is 1.63 bits per heavy atom. The van der Waals surface area contributed by atoms with E-state index in [1.165, 1.54) is 11.3 Å². The van der Waals surface area contributed by atoms with Gasteiger partial charge in [0.25, 0.3) is 0 Å². The van der Waals surface area contributed by atoms with Gasteiger partial charge in [0.1, 0.15) is 17.4 Å². The number of carbonyl (C=O) groups is 1. The van der Waals surface area contributed by atoms with Gasteiger partial charge in [0.15, 0.2) is 6.61 Å². The number of aromatic nitrogens is 1. The zero-order valence-electron chi connectivity index (χ0n) is 14.5. The normalized spacial score (nSPS) is 10.7. The summed E-state index contributed by atoms with van der Waals surface area (Å²) in [5.74, 6) is 0.234. The van der Waals surface area contributed by atoms with E-state index in [2.05, 4.69) is 4.98 Å². The second kappa shape index (κ2) is 8.01. The molecule has 0 atom stereocenters. The van der Waals surface area contributed by atoms with Crippen LogP contribution in [0.4, 0.5) is 0 Å². The molecule has 0 aliphatic heterocycles. The molecule has 0 radical (unpaired) electrons. The van der Waals surface area contributed by atoms with Gasteiger partial charge in [0.05, 0.1) is 10.2 Å². The van der Waals surface area contributed by atoms with E-state index in [0.717, 1.165) is 26.4 Å². The molecule has 0 bridgehead atoms. The van der Waals surface area contributed by atoms with Gasteiger partial charge in [0.2, 0.25) is 0 Å². The van der Waals surface area contributed by atoms with Gasteiger partial charge < -0.3 is 9.47 Å². The molecule has 0 spiro atoms. The summed E-state index contributed by atoms with van der Waals surface area (Å²) in [6, 6.07) is 25.4. The molecule has 3 aromatic carbocycles. The number of benzene rings is 3. The minimum absolute atomic E-state index is 0.144. The lowest BCUT2D eigenvalue weighted by atomic mass is 10.1. The van der Waals surface area contributed by atoms with Gasteiger partial charge in [-0.2, -0.15) is 0 Å². The summed E-state index contributed by atoms with van der Waals surface area (Å²) in [4.78, 5) is 16.5. The number of rotatable bonds is 6. The van der Waals surface area contributed by atoms with Crippen molar-refractivity contribution in [3.8, 4) is 16.9 Å². The summed E-state index contributed by atoms with van der Waals surface area (Å²) in [6.07, 6.45) is 0. The molecular weight excluding hydrogens is 358 g/mol. The summed E-state index contributed by atoms with van der Waals surface area (Å²) < 4.78 is 12.1. The molecule has 0 N–H and O–H groups in total. The van der Waals surface area contributed by atoms with Crippen LogP contribution in [0.2, 0.25) is 0 Å². The highest BCUT2D eigenvalue weighted by atomic mass is 32.1. The number of ether oxygens (including phenoxy) is 2. The molecule has 0 saturated heterocycles. The quantitative estimate of drug-likeness (QED) is 0.441. The lowest BCUT2D eigenvalue weighted by Gasteiger charge is -2.11. The number of nitrogens with zero attached hydrogens (tertiary/aromatic N) is 1. The smallest absolute Gasteiger partial charge is 0.344 e. The molecule has 0 aliphatic rings. The molecule has 27 heavy (non-hydrogen) atoms. The summed E-state index contributed by atoms with van der Waals surface area (Å²) in [5, 5.41) is 0.772. The topological polar surface area (TPSA) is 48.4 Å². The summed E-state index contributed by atoms with van der Waals surface area (Å²) >= 11 is 1.52. The molecule has 1 heterocycles. The van der Waals surface area contributed by atoms with Crippen LogP contribution in [0.5, 0.6) is 5.75 Å². The second-order valence-corrected chi connectivity index (χ2v) is 7.00. The number of fused-ring (bicyclic) bond motifs is 1. The maximum atomic E-state index is 12.1. The lowest BCUT2D eigenvalue weighted by molar-refractivity contribution is -0.147. The van der Waals surface area contributed by atoms with Crippen LogP contribution >= 0.6 is 11.3 Å². The molecule has 0 fully saturated rings. The number of hydrogen-bond donors (Lipinski definition) is 0. The van der Waals surface area contributed by atoms with Gasteiger partial charge in [-0.1, -0.05) is 60.7 Å². The largest absolute Gasteiger partial charge is 0.481 e. The van der Waals surface area contributed by atoms with Crippen molar-refractivity contribution in [1.82, 2.24) is 4.98 Å². The van der Waals surface area contributed by atoms with Crippen molar-refractivity contribution in [2.45, 2.75) is 6.61 Å². The number of para-hydroxylation sites is 2. The highest BCUT2D eigenvalue weighted by molar-refractivity contribution is 7.18. The van der Waals surface area contributed by atoms with Crippen molar-refractivity contribution in [2.75, 3.05) is 6.61 Å². The standard InChI is InChI=1S/C22H17NO3S/c24-22(26-14-21-23-18-11-5-7-13-20(18)27-21)15-25-19-12-6-4-10-17(19)16-8-2-1-3-9-16/h1-13H,14-15H2. The van der Waals surface area contributed by atoms with Crippen LogP contribution in [0.25, 0.3) is 21.3 Å². The second-order valence-electron chi connectivity index (χ2n) is 5.89. The Labute approximate surface area is 161 Å². The van der Waals surface area contributed by atoms with Crippen molar-refractivity contribution in [2.24, 2.45) is 0 Å². The highest BCUT2D eigenvalue weighted by Crippen LogP contribution is 2.29. The zero-order chi connectivity index (χ0) is 18.5. The Balaban J connectivity index is 1.37. The Hall–Kier alpha value is -3.18. The van der Waals surface area contributed by atoms with E-state index in [-0.39, 0.29) is 13.2 Å². The fourth-order valence-corrected chi connectivity index (χ4v) is 3.63. The van der Waals surface area contributed by atoms with E-state index in [1.807, 2.05) is 78.9 Å². The lowest BCUT2D eigenvalue weighted by Crippen LogP contribution is -2.15. The molecule has 1 aromatic heterocycles. The Morgan fingerprint density at radius 3 is 2.48 bits per heavy atom. The van der Waals surface area contributed by atoms with Gasteiger partial charge in [-0.15, -0.1) is 11.3 Å². The third kappa shape index (κ3) is 4.15. The predicted molar refractivity (Wildman–Crippen MR) is 107 cm³/mol. The average Bonchev–Trinajstić information content (AvgIpc) is 3.15. The summed E-state index contributed by atoms with van der Waals surface area (Å²) in [6.45, 7) is 0.0105. The molecule has 0 unspecified atom stereocenters. The van der Waals surface area contributed by atoms with Crippen molar-refractivity contribution >= 4 is 27.5 Å². The molecule has 4 rings (SSSR count). The van der Waals surface area contributed by atoms with Gasteiger partial charge in [-0.05, 0) is 23.8 Å². The van der Waals surface area contributed by atoms with Crippen molar-refractivity contribution in [1.29, 1.82) is 0 Å². The Kier molecular flexibility index (Phi) is 5.12. The Morgan fingerprint density at radius 1 is 0.889 bits per heavy atom. The number of esters is 1. The van der Waals surface area contributed by atoms with E-state index < -0.39 is 5.97 Å². The third-order valence-corrected chi connectivity index (χ3v) is 5.02. The van der Waals surface area contributed by atoms with Gasteiger partial charge in [-0.25, -0.2) is 9.78 Å². The molecule has 0 aliphatic carbocycles. The average molecular weight is 375 g/mol. The van der Waals surface area contributed by atoms with Crippen LogP contribution in [0, 0.1) is 0 Å². The van der Waals surface area contributed by atoms with Crippen molar-refractivity contribution in [3.05, 3.63) is 83.9 Å². The van der Waals surface area contributed by atoms with Gasteiger partial charge in [0, 0.05) is 5.56 Å². The number of thiazole rings is 1. The molecule has 0 saturated carbocycles. The van der Waals surface area contributed by atoms with Crippen LogP contribution in [-0.4, -0.2) is 17.6 Å². The maximum absolute atomic E-state index is 12.1. The number of hydrogen-bond acceptors (Lipinski definition) is 5. The fraction of sp³-hybridized carbons (Fsp3) is 0.0909. The van der Waals surface area contributed by atoms with E-state index >= 15 is 0 Å². The summed E-state index contributed by atoms with van der Waals surface area (Å²) in [7, 11) is 0. The SMILES string of the molecule is O=C(COc1ccccc1-c1ccccc1)OCc1nc2ccccc2s1. The molecule has 4 aromatic rings. The predicted octanol–water partition coefficient (Wildman–Crippen LogP) is 5.09. The first-order valence-corrected chi connectivity index (χ1v) is 9.38. The first kappa shape index (κ1) is 17.2. The maximum Gasteiger partial charge on any atom is 0.344 e. The van der Waals surface area contributed by atoms with Crippen LogP contribution < -0.4 is 4.74 Å². The highest BCUT2D eigenvalue weighted by Gasteiger charge is 2.11. The zero-order valence-corrected chi connectivity index (χ0v) is 15.3. The first-order chi connectivity index (χ1) is 13.3. The Bertz CT molecular complexity index is 1030. The molecule has 134 valence electrons. The van der Waals surface area contributed by atoms with Crippen LogP contribution in [0.1, 0.15) is 5.01 Å². The third-order valence-electron chi connectivity index (χ3n) is 4.01. The first-order valence-electron chi connectivity index (χ1n) is 8.57. The van der Waals surface area contributed by atoms with E-state index in [0.29, 0.717) is 5.75 Å². The van der Waals surface area contributed by atoms with E-state index in [4.69, 9.17) is 9.47 Å². The van der Waals surface area contributed by atoms with Gasteiger partial charge in [-0.3, -0.25) is 0 Å². The van der Waals surface area contributed by atoms with E-state index in [9.17, 15) is 4.79 Å². The van der Waals surface area contributed by atoms with Crippen molar-refractivity contribution < 1.29 is 14.3 Å². The molecular formula is C22H17NO3S. The van der Waals surface area contributed by atoms with Gasteiger partial charge >= 0.3 is 5.97 Å². The monoisotopic (exact) mass is 375 g/mol. The fourth-order valence-electron chi connectivity index (χ4n) is 2.75. The van der Waals surface area contributed by atoms with Crippen LogP contribution in [-0.2, 0) is 16.1 Å². The van der Waals surface area contributed by atoms with Crippen molar-refractivity contribution in [3.63, 3.8) is 0 Å². The van der Waals surface area contributed by atoms with Crippen LogP contribution in [0.15, 0.2) is 78.9 Å². The summed E-state index contributed by atoms with van der Waals surface area (Å²) in [5.41, 5.74) is 2.90. The minimum atomic E-state index is -0.419. The molecule has 5 heteroatoms. The van der Waals surface area contributed by atoms with E-state index in [1.54, 1.807) is 0 Å². The van der Waals surface area contributed by atoms with Crippen LogP contribution in [0.3, 0.4) is 0 Å². The molecule has 4 nitrogen and oxygen atoms in total. The number of carbonyl (C=O) groups excluding carboxylic acids is 1. The molecule has 0 amide bonds.